The lowest BCUT2D eigenvalue weighted by molar-refractivity contribution is -0.176. The van der Waals surface area contributed by atoms with Gasteiger partial charge in [0.05, 0.1) is 13.2 Å². The molecule has 3 heteroatoms. The average Bonchev–Trinajstić information content (AvgIpc) is 2.59. The van der Waals surface area contributed by atoms with Crippen LogP contribution >= 0.6 is 0 Å². The summed E-state index contributed by atoms with van der Waals surface area (Å²) in [5.74, 6) is 0.768. The monoisotopic (exact) mass is 166 g/mol. The molecule has 0 aromatic heterocycles. The molecule has 0 N–H and O–H groups in total. The quantitative estimate of drug-likeness (QED) is 0.664. The zero-order chi connectivity index (χ0) is 8.23. The Balaban J connectivity index is 1.94. The van der Waals surface area contributed by atoms with Crippen molar-refractivity contribution in [3.63, 3.8) is 0 Å². The fourth-order valence-corrected chi connectivity index (χ4v) is 1.02. The lowest BCUT2D eigenvalue weighted by atomic mass is 10.3. The maximum absolute atomic E-state index is 5.33. The molecule has 0 radical (unpaired) electrons. The van der Waals surface area contributed by atoms with Gasteiger partial charge in [-0.15, -0.1) is 0 Å². The van der Waals surface area contributed by atoms with E-state index >= 15 is 0 Å². The second-order valence-corrected chi connectivity index (χ2v) is 2.46. The first kappa shape index (κ1) is 7.58. The molecule has 1 heterocycles. The van der Waals surface area contributed by atoms with Gasteiger partial charge in [0.15, 0.2) is 0 Å². The normalized spacial score (nSPS) is 18.0. The van der Waals surface area contributed by atoms with Gasteiger partial charge < -0.3 is 14.2 Å². The van der Waals surface area contributed by atoms with E-state index in [2.05, 4.69) is 0 Å². The second-order valence-electron chi connectivity index (χ2n) is 2.46. The minimum atomic E-state index is -0.521. The third-order valence-corrected chi connectivity index (χ3v) is 1.57. The van der Waals surface area contributed by atoms with Crippen LogP contribution in [0.3, 0.4) is 0 Å². The highest BCUT2D eigenvalue weighted by atomic mass is 16.9. The van der Waals surface area contributed by atoms with Crippen LogP contribution in [0, 0.1) is 0 Å². The highest BCUT2D eigenvalue weighted by molar-refractivity contribution is 5.20. The molecule has 1 aromatic carbocycles. The van der Waals surface area contributed by atoms with Crippen LogP contribution in [0.2, 0.25) is 0 Å². The predicted molar refractivity (Wildman–Crippen MR) is 42.8 cm³/mol. The summed E-state index contributed by atoms with van der Waals surface area (Å²) < 4.78 is 15.6. The maximum Gasteiger partial charge on any atom is 0.316 e. The third kappa shape index (κ3) is 1.75. The molecule has 0 unspecified atom stereocenters. The first-order valence-electron chi connectivity index (χ1n) is 3.90. The third-order valence-electron chi connectivity index (χ3n) is 1.57. The molecule has 3 nitrogen and oxygen atoms in total. The summed E-state index contributed by atoms with van der Waals surface area (Å²) in [6, 6.07) is 9.48. The van der Waals surface area contributed by atoms with Gasteiger partial charge in [0.1, 0.15) is 5.75 Å². The van der Waals surface area contributed by atoms with E-state index in [1.54, 1.807) is 0 Å². The van der Waals surface area contributed by atoms with Crippen molar-refractivity contribution < 1.29 is 14.2 Å². The van der Waals surface area contributed by atoms with Crippen LogP contribution in [-0.2, 0) is 9.47 Å². The Morgan fingerprint density at radius 3 is 2.42 bits per heavy atom. The Kier molecular flexibility index (Phi) is 2.25. The van der Waals surface area contributed by atoms with Crippen molar-refractivity contribution in [3.8, 4) is 5.75 Å². The summed E-state index contributed by atoms with van der Waals surface area (Å²) in [5.41, 5.74) is 0. The van der Waals surface area contributed by atoms with E-state index in [4.69, 9.17) is 14.2 Å². The van der Waals surface area contributed by atoms with E-state index in [0.29, 0.717) is 13.2 Å². The largest absolute Gasteiger partial charge is 0.441 e. The van der Waals surface area contributed by atoms with E-state index in [1.165, 1.54) is 0 Å². The Hall–Kier alpha value is -1.06. The van der Waals surface area contributed by atoms with Crippen LogP contribution in [0.25, 0.3) is 0 Å². The zero-order valence-electron chi connectivity index (χ0n) is 6.60. The Bertz CT molecular complexity index is 229. The van der Waals surface area contributed by atoms with Crippen LogP contribution < -0.4 is 4.74 Å². The molecule has 2 rings (SSSR count). The summed E-state index contributed by atoms with van der Waals surface area (Å²) in [7, 11) is 0. The van der Waals surface area contributed by atoms with Crippen molar-refractivity contribution in [3.05, 3.63) is 30.3 Å². The molecule has 0 spiro atoms. The lowest BCUT2D eigenvalue weighted by Gasteiger charge is -2.10. The molecule has 64 valence electrons. The Morgan fingerprint density at radius 2 is 1.75 bits per heavy atom. The molecule has 0 atom stereocenters. The molecule has 1 aromatic rings. The smallest absolute Gasteiger partial charge is 0.316 e. The molecule has 0 amide bonds. The van der Waals surface area contributed by atoms with Gasteiger partial charge in [-0.1, -0.05) is 18.2 Å². The first-order chi connectivity index (χ1) is 5.95. The molecule has 0 aliphatic carbocycles. The van der Waals surface area contributed by atoms with Crippen LogP contribution in [0.4, 0.5) is 0 Å². The predicted octanol–water partition coefficient (Wildman–Crippen LogP) is 1.40. The lowest BCUT2D eigenvalue weighted by Crippen LogP contribution is -2.15. The summed E-state index contributed by atoms with van der Waals surface area (Å²) in [6.45, 7) is 0.696. The Labute approximate surface area is 70.9 Å². The van der Waals surface area contributed by atoms with Gasteiger partial charge in [-0.3, -0.25) is 0 Å². The van der Waals surface area contributed by atoms with Gasteiger partial charge in [0, 0.05) is 0 Å². The minimum Gasteiger partial charge on any atom is -0.441 e. The van der Waals surface area contributed by atoms with Crippen molar-refractivity contribution in [1.82, 2.24) is 0 Å². The van der Waals surface area contributed by atoms with Crippen molar-refractivity contribution >= 4 is 0 Å². The van der Waals surface area contributed by atoms with Gasteiger partial charge in [-0.2, -0.15) is 0 Å². The summed E-state index contributed by atoms with van der Waals surface area (Å²) in [5, 5.41) is 0. The summed E-state index contributed by atoms with van der Waals surface area (Å²) >= 11 is 0. The molecular weight excluding hydrogens is 156 g/mol. The van der Waals surface area contributed by atoms with Crippen molar-refractivity contribution in [1.29, 1.82) is 0 Å². The number of hydrogen-bond donors (Lipinski definition) is 0. The highest BCUT2D eigenvalue weighted by Gasteiger charge is 2.16. The molecule has 0 saturated carbocycles. The highest BCUT2D eigenvalue weighted by Crippen LogP contribution is 2.14. The molecule has 1 fully saturated rings. The van der Waals surface area contributed by atoms with Gasteiger partial charge in [0.25, 0.3) is 0 Å². The SMILES string of the molecule is c1ccc(OC2OCCO2)cc1. The summed E-state index contributed by atoms with van der Waals surface area (Å²) in [6.07, 6.45) is 0. The number of rotatable bonds is 2. The minimum absolute atomic E-state index is 0.521. The molecule has 1 aliphatic rings. The van der Waals surface area contributed by atoms with Gasteiger partial charge in [-0.25, -0.2) is 0 Å². The number of para-hydroxylation sites is 1. The van der Waals surface area contributed by atoms with E-state index in [-0.39, 0.29) is 0 Å². The number of hydrogen-bond acceptors (Lipinski definition) is 3. The van der Waals surface area contributed by atoms with Crippen molar-refractivity contribution in [2.45, 2.75) is 6.48 Å². The fourth-order valence-electron chi connectivity index (χ4n) is 1.02. The molecule has 1 aliphatic heterocycles. The fraction of sp³-hybridized carbons (Fsp3) is 0.333. The van der Waals surface area contributed by atoms with E-state index in [9.17, 15) is 0 Å². The molecule has 1 saturated heterocycles. The average molecular weight is 166 g/mol. The second kappa shape index (κ2) is 3.56. The molecular formula is C9H10O3. The first-order valence-corrected chi connectivity index (χ1v) is 3.90. The number of ether oxygens (including phenoxy) is 3. The van der Waals surface area contributed by atoms with Gasteiger partial charge >= 0.3 is 6.48 Å². The standard InChI is InChI=1S/C9H10O3/c1-2-4-8(5-3-1)12-9-10-6-7-11-9/h1-5,9H,6-7H2. The van der Waals surface area contributed by atoms with Crippen molar-refractivity contribution in [2.75, 3.05) is 13.2 Å². The van der Waals surface area contributed by atoms with Gasteiger partial charge in [-0.05, 0) is 12.1 Å². The number of benzene rings is 1. The van der Waals surface area contributed by atoms with Crippen molar-refractivity contribution in [2.24, 2.45) is 0 Å². The molecule has 0 bridgehead atoms. The van der Waals surface area contributed by atoms with E-state index < -0.39 is 6.48 Å². The zero-order valence-corrected chi connectivity index (χ0v) is 6.60. The van der Waals surface area contributed by atoms with Crippen LogP contribution in [0.5, 0.6) is 5.75 Å². The van der Waals surface area contributed by atoms with E-state index in [0.717, 1.165) is 5.75 Å². The van der Waals surface area contributed by atoms with E-state index in [1.807, 2.05) is 30.3 Å². The van der Waals surface area contributed by atoms with Crippen LogP contribution in [0.1, 0.15) is 0 Å². The molecule has 12 heavy (non-hydrogen) atoms. The van der Waals surface area contributed by atoms with Crippen LogP contribution in [-0.4, -0.2) is 19.7 Å². The maximum atomic E-state index is 5.33. The Morgan fingerprint density at radius 1 is 1.08 bits per heavy atom. The topological polar surface area (TPSA) is 27.7 Å². The van der Waals surface area contributed by atoms with Crippen LogP contribution in [0.15, 0.2) is 30.3 Å². The van der Waals surface area contributed by atoms with Gasteiger partial charge in [0.2, 0.25) is 0 Å². The summed E-state index contributed by atoms with van der Waals surface area (Å²) in [4.78, 5) is 0.